The summed E-state index contributed by atoms with van der Waals surface area (Å²) >= 11 is 0. The molecule has 0 N–H and O–H groups in total. The lowest BCUT2D eigenvalue weighted by atomic mass is 10.1. The van der Waals surface area contributed by atoms with Gasteiger partial charge in [0.25, 0.3) is 7.82 Å². The molecule has 0 aliphatic carbocycles. The Morgan fingerprint density at radius 2 is 1.11 bits per heavy atom. The van der Waals surface area contributed by atoms with Gasteiger partial charge in [0.05, 0.1) is 27.7 Å². The Balaban J connectivity index is 4.41. The summed E-state index contributed by atoms with van der Waals surface area (Å²) in [4.78, 5) is 37.1. The van der Waals surface area contributed by atoms with E-state index < -0.39 is 32.5 Å². The summed E-state index contributed by atoms with van der Waals surface area (Å²) in [6.07, 6.45) is 26.8. The van der Waals surface area contributed by atoms with Crippen molar-refractivity contribution in [3.8, 4) is 0 Å². The van der Waals surface area contributed by atoms with Crippen LogP contribution in [0.25, 0.3) is 0 Å². The van der Waals surface area contributed by atoms with E-state index in [0.29, 0.717) is 17.4 Å². The van der Waals surface area contributed by atoms with Gasteiger partial charge < -0.3 is 27.9 Å². The van der Waals surface area contributed by atoms with Crippen LogP contribution < -0.4 is 4.89 Å². The summed E-state index contributed by atoms with van der Waals surface area (Å²) in [5, 5.41) is 0. The van der Waals surface area contributed by atoms with Gasteiger partial charge in [-0.3, -0.25) is 14.2 Å². The highest BCUT2D eigenvalue weighted by molar-refractivity contribution is 7.45. The molecule has 0 heterocycles. The van der Waals surface area contributed by atoms with E-state index in [4.69, 9.17) is 18.5 Å². The van der Waals surface area contributed by atoms with Gasteiger partial charge in [-0.1, -0.05) is 116 Å². The zero-order chi connectivity index (χ0) is 34.4. The van der Waals surface area contributed by atoms with E-state index in [9.17, 15) is 19.0 Å². The molecule has 0 saturated carbocycles. The standard InChI is InChI=1S/C36H70NO8P/c1-6-8-10-12-14-15-16-17-18-19-20-21-23-25-27-29-36(39)45-34(33-44-46(40,41)43-31-30-37(3,4)5)32-42-35(38)28-26-24-22-13-11-9-7-2/h17-18,34H,6-16,19-33H2,1-5H3/b18-17-. The molecule has 46 heavy (non-hydrogen) atoms. The fourth-order valence-corrected chi connectivity index (χ4v) is 5.55. The molecule has 272 valence electrons. The largest absolute Gasteiger partial charge is 0.756 e. The first-order valence-corrected chi connectivity index (χ1v) is 19.9. The monoisotopic (exact) mass is 675 g/mol. The number of nitrogens with zero attached hydrogens (tertiary/aromatic N) is 1. The number of likely N-dealkylation sites (N-methyl/N-ethyl adjacent to an activating group) is 1. The Labute approximate surface area is 282 Å². The highest BCUT2D eigenvalue weighted by Gasteiger charge is 2.21. The SMILES string of the molecule is CCCCCCCC/C=C\CCCCCCCC(=O)OC(COC(=O)CCCCCCCCC)COP(=O)([O-])OCC[N+](C)(C)C. The summed E-state index contributed by atoms with van der Waals surface area (Å²) in [5.74, 6) is -0.850. The number of carbonyl (C=O) groups excluding carboxylic acids is 2. The second kappa shape index (κ2) is 29.9. The summed E-state index contributed by atoms with van der Waals surface area (Å²) in [7, 11) is 1.16. The van der Waals surface area contributed by atoms with E-state index in [1.165, 1.54) is 70.6 Å². The number of carbonyl (C=O) groups is 2. The maximum Gasteiger partial charge on any atom is 0.306 e. The van der Waals surface area contributed by atoms with Crippen LogP contribution >= 0.6 is 7.82 Å². The summed E-state index contributed by atoms with van der Waals surface area (Å²) in [6.45, 7) is 4.15. The van der Waals surface area contributed by atoms with Gasteiger partial charge >= 0.3 is 11.9 Å². The Morgan fingerprint density at radius 1 is 0.652 bits per heavy atom. The summed E-state index contributed by atoms with van der Waals surface area (Å²) < 4.78 is 33.6. The van der Waals surface area contributed by atoms with Gasteiger partial charge in [-0.25, -0.2) is 0 Å². The Morgan fingerprint density at radius 3 is 1.61 bits per heavy atom. The molecule has 10 heteroatoms. The Hall–Kier alpha value is -1.25. The molecule has 0 bridgehead atoms. The molecule has 0 aromatic rings. The molecule has 0 aliphatic rings. The molecule has 0 amide bonds. The minimum atomic E-state index is -4.61. The molecule has 0 aromatic heterocycles. The van der Waals surface area contributed by atoms with Gasteiger partial charge in [0.1, 0.15) is 19.8 Å². The first-order chi connectivity index (χ1) is 22.0. The first kappa shape index (κ1) is 44.8. The number of phosphoric acid groups is 1. The average Bonchev–Trinajstić information content (AvgIpc) is 2.99. The first-order valence-electron chi connectivity index (χ1n) is 18.4. The van der Waals surface area contributed by atoms with Crippen LogP contribution in [0, 0.1) is 0 Å². The maximum atomic E-state index is 12.6. The zero-order valence-electron chi connectivity index (χ0n) is 30.3. The van der Waals surface area contributed by atoms with E-state index in [0.717, 1.165) is 51.4 Å². The predicted octanol–water partition coefficient (Wildman–Crippen LogP) is 8.83. The molecule has 0 saturated heterocycles. The molecule has 9 nitrogen and oxygen atoms in total. The molecule has 0 rings (SSSR count). The second-order valence-corrected chi connectivity index (χ2v) is 15.0. The van der Waals surface area contributed by atoms with Crippen LogP contribution in [-0.4, -0.2) is 70.0 Å². The predicted molar refractivity (Wildman–Crippen MR) is 185 cm³/mol. The number of unbranched alkanes of at least 4 members (excludes halogenated alkanes) is 17. The number of rotatable bonds is 33. The number of esters is 2. The lowest BCUT2D eigenvalue weighted by molar-refractivity contribution is -0.870. The van der Waals surface area contributed by atoms with Crippen molar-refractivity contribution in [2.45, 2.75) is 161 Å². The van der Waals surface area contributed by atoms with Crippen molar-refractivity contribution in [3.63, 3.8) is 0 Å². The highest BCUT2D eigenvalue weighted by Crippen LogP contribution is 2.38. The van der Waals surface area contributed by atoms with Crippen molar-refractivity contribution >= 4 is 19.8 Å². The number of allylic oxidation sites excluding steroid dienone is 2. The third kappa shape index (κ3) is 32.7. The van der Waals surface area contributed by atoms with E-state index in [-0.39, 0.29) is 26.1 Å². The van der Waals surface area contributed by atoms with E-state index >= 15 is 0 Å². The van der Waals surface area contributed by atoms with Crippen LogP contribution in [0.1, 0.15) is 155 Å². The number of ether oxygens (including phenoxy) is 2. The molecule has 0 fully saturated rings. The normalized spacial score (nSPS) is 14.0. The average molecular weight is 676 g/mol. The Bertz CT molecular complexity index is 814. The number of quaternary nitrogens is 1. The van der Waals surface area contributed by atoms with Crippen LogP contribution in [0.5, 0.6) is 0 Å². The number of hydrogen-bond donors (Lipinski definition) is 0. The minimum Gasteiger partial charge on any atom is -0.756 e. The highest BCUT2D eigenvalue weighted by atomic mass is 31.2. The third-order valence-electron chi connectivity index (χ3n) is 7.79. The lowest BCUT2D eigenvalue weighted by Crippen LogP contribution is -2.37. The second-order valence-electron chi connectivity index (χ2n) is 13.6. The molecule has 0 radical (unpaired) electrons. The lowest BCUT2D eigenvalue weighted by Gasteiger charge is -2.28. The van der Waals surface area contributed by atoms with Gasteiger partial charge in [-0.15, -0.1) is 0 Å². The van der Waals surface area contributed by atoms with E-state index in [1.54, 1.807) is 0 Å². The van der Waals surface area contributed by atoms with Crippen LogP contribution in [0.15, 0.2) is 12.2 Å². The van der Waals surface area contributed by atoms with Crippen LogP contribution in [-0.2, 0) is 32.7 Å². The van der Waals surface area contributed by atoms with Gasteiger partial charge in [0.15, 0.2) is 6.10 Å². The van der Waals surface area contributed by atoms with Crippen molar-refractivity contribution in [2.75, 3.05) is 47.5 Å². The molecular weight excluding hydrogens is 605 g/mol. The topological polar surface area (TPSA) is 111 Å². The van der Waals surface area contributed by atoms with E-state index in [1.807, 2.05) is 21.1 Å². The molecule has 0 spiro atoms. The summed E-state index contributed by atoms with van der Waals surface area (Å²) in [5.41, 5.74) is 0. The van der Waals surface area contributed by atoms with Crippen molar-refractivity contribution in [3.05, 3.63) is 12.2 Å². The molecule has 0 aromatic carbocycles. The van der Waals surface area contributed by atoms with Gasteiger partial charge in [0, 0.05) is 12.8 Å². The van der Waals surface area contributed by atoms with Crippen molar-refractivity contribution in [2.24, 2.45) is 0 Å². The number of hydrogen-bond acceptors (Lipinski definition) is 8. The fourth-order valence-electron chi connectivity index (χ4n) is 4.82. The fraction of sp³-hybridized carbons (Fsp3) is 0.889. The Kier molecular flexibility index (Phi) is 29.0. The van der Waals surface area contributed by atoms with Gasteiger partial charge in [0.2, 0.25) is 0 Å². The quantitative estimate of drug-likeness (QED) is 0.0223. The maximum absolute atomic E-state index is 12.6. The minimum absolute atomic E-state index is 0.0301. The van der Waals surface area contributed by atoms with Crippen molar-refractivity contribution in [1.29, 1.82) is 0 Å². The smallest absolute Gasteiger partial charge is 0.306 e. The molecular formula is C36H70NO8P. The molecule has 0 aliphatic heterocycles. The van der Waals surface area contributed by atoms with Gasteiger partial charge in [-0.05, 0) is 38.5 Å². The number of phosphoric ester groups is 1. The van der Waals surface area contributed by atoms with Crippen molar-refractivity contribution in [1.82, 2.24) is 0 Å². The van der Waals surface area contributed by atoms with Crippen LogP contribution in [0.2, 0.25) is 0 Å². The van der Waals surface area contributed by atoms with Crippen LogP contribution in [0.3, 0.4) is 0 Å². The van der Waals surface area contributed by atoms with Crippen LogP contribution in [0.4, 0.5) is 0 Å². The molecule has 2 atom stereocenters. The molecule has 2 unspecified atom stereocenters. The van der Waals surface area contributed by atoms with Crippen molar-refractivity contribution < 1.29 is 42.1 Å². The summed E-state index contributed by atoms with van der Waals surface area (Å²) in [6, 6.07) is 0. The van der Waals surface area contributed by atoms with E-state index in [2.05, 4.69) is 26.0 Å². The third-order valence-corrected chi connectivity index (χ3v) is 8.75. The van der Waals surface area contributed by atoms with Gasteiger partial charge in [-0.2, -0.15) is 0 Å². The zero-order valence-corrected chi connectivity index (χ0v) is 31.2.